The Morgan fingerprint density at radius 3 is 2.74 bits per heavy atom. The summed E-state index contributed by atoms with van der Waals surface area (Å²) in [6.45, 7) is 2.30. The van der Waals surface area contributed by atoms with Gasteiger partial charge in [0.15, 0.2) is 0 Å². The Morgan fingerprint density at radius 2 is 2.16 bits per heavy atom. The minimum Gasteiger partial charge on any atom is -0.355 e. The Labute approximate surface area is 111 Å². The first-order chi connectivity index (χ1) is 9.04. The van der Waals surface area contributed by atoms with Crippen molar-refractivity contribution >= 4 is 11.8 Å². The van der Waals surface area contributed by atoms with Gasteiger partial charge in [-0.2, -0.15) is 0 Å². The predicted molar refractivity (Wildman–Crippen MR) is 68.8 cm³/mol. The van der Waals surface area contributed by atoms with Crippen LogP contribution in [0.4, 0.5) is 4.39 Å². The van der Waals surface area contributed by atoms with Crippen LogP contribution >= 0.6 is 0 Å². The molecule has 2 atom stereocenters. The molecule has 0 saturated carbocycles. The molecule has 4 nitrogen and oxygen atoms in total. The van der Waals surface area contributed by atoms with E-state index in [1.165, 1.54) is 12.1 Å². The van der Waals surface area contributed by atoms with Gasteiger partial charge < -0.3 is 10.6 Å². The molecule has 0 spiro atoms. The number of nitrogens with one attached hydrogen (secondary N) is 2. The highest BCUT2D eigenvalue weighted by molar-refractivity contribution is 5.89. The van der Waals surface area contributed by atoms with E-state index in [9.17, 15) is 14.0 Å². The van der Waals surface area contributed by atoms with Gasteiger partial charge in [-0.3, -0.25) is 9.59 Å². The van der Waals surface area contributed by atoms with Crippen LogP contribution in [0, 0.1) is 11.7 Å². The van der Waals surface area contributed by atoms with E-state index >= 15 is 0 Å². The fourth-order valence-electron chi connectivity index (χ4n) is 2.18. The topological polar surface area (TPSA) is 58.2 Å². The number of rotatable bonds is 4. The first-order valence-corrected chi connectivity index (χ1v) is 6.36. The van der Waals surface area contributed by atoms with Crippen molar-refractivity contribution in [2.24, 2.45) is 5.92 Å². The third kappa shape index (κ3) is 3.77. The van der Waals surface area contributed by atoms with E-state index < -0.39 is 0 Å². The summed E-state index contributed by atoms with van der Waals surface area (Å²) in [5, 5.41) is 5.52. The van der Waals surface area contributed by atoms with Gasteiger partial charge in [-0.15, -0.1) is 0 Å². The number of halogens is 1. The molecule has 2 rings (SSSR count). The summed E-state index contributed by atoms with van der Waals surface area (Å²) in [5.41, 5.74) is 0.967. The van der Waals surface area contributed by atoms with Crippen LogP contribution in [0.2, 0.25) is 0 Å². The van der Waals surface area contributed by atoms with Gasteiger partial charge in [-0.1, -0.05) is 12.1 Å². The molecule has 1 aliphatic heterocycles. The van der Waals surface area contributed by atoms with E-state index in [2.05, 4.69) is 10.6 Å². The third-order valence-electron chi connectivity index (χ3n) is 3.19. The Balaban J connectivity index is 1.83. The van der Waals surface area contributed by atoms with Crippen molar-refractivity contribution in [2.45, 2.75) is 25.8 Å². The average molecular weight is 264 g/mol. The molecule has 102 valence electrons. The van der Waals surface area contributed by atoms with Gasteiger partial charge in [0.1, 0.15) is 5.82 Å². The zero-order chi connectivity index (χ0) is 13.8. The smallest absolute Gasteiger partial charge is 0.225 e. The molecular formula is C14H17FN2O2. The largest absolute Gasteiger partial charge is 0.355 e. The summed E-state index contributed by atoms with van der Waals surface area (Å²) in [5.74, 6) is -0.724. The molecule has 1 heterocycles. The highest BCUT2D eigenvalue weighted by atomic mass is 19.1. The predicted octanol–water partition coefficient (Wildman–Crippen LogP) is 1.01. The highest BCUT2D eigenvalue weighted by Gasteiger charge is 2.28. The van der Waals surface area contributed by atoms with Gasteiger partial charge in [-0.25, -0.2) is 4.39 Å². The summed E-state index contributed by atoms with van der Waals surface area (Å²) in [6, 6.07) is 6.18. The Kier molecular flexibility index (Phi) is 4.14. The molecule has 19 heavy (non-hydrogen) atoms. The summed E-state index contributed by atoms with van der Waals surface area (Å²) >= 11 is 0. The van der Waals surface area contributed by atoms with E-state index in [1.54, 1.807) is 12.1 Å². The van der Waals surface area contributed by atoms with Crippen molar-refractivity contribution in [3.63, 3.8) is 0 Å². The van der Waals surface area contributed by atoms with Crippen molar-refractivity contribution < 1.29 is 14.0 Å². The summed E-state index contributed by atoms with van der Waals surface area (Å²) in [4.78, 5) is 22.9. The zero-order valence-electron chi connectivity index (χ0n) is 10.8. The lowest BCUT2D eigenvalue weighted by molar-refractivity contribution is -0.127. The van der Waals surface area contributed by atoms with E-state index in [0.717, 1.165) is 5.56 Å². The lowest BCUT2D eigenvalue weighted by Gasteiger charge is -2.16. The third-order valence-corrected chi connectivity index (χ3v) is 3.19. The van der Waals surface area contributed by atoms with Gasteiger partial charge in [-0.05, 0) is 31.0 Å². The lowest BCUT2D eigenvalue weighted by atomic mass is 10.0. The normalized spacial score (nSPS) is 19.9. The molecule has 1 aromatic carbocycles. The van der Waals surface area contributed by atoms with Crippen LogP contribution in [0.15, 0.2) is 24.3 Å². The molecule has 0 aliphatic carbocycles. The number of hydrogen-bond donors (Lipinski definition) is 2. The molecule has 1 aliphatic rings. The average Bonchev–Trinajstić information content (AvgIpc) is 2.79. The van der Waals surface area contributed by atoms with Crippen LogP contribution in [-0.2, 0) is 16.0 Å². The van der Waals surface area contributed by atoms with Crippen LogP contribution < -0.4 is 10.6 Å². The second-order valence-electron chi connectivity index (χ2n) is 4.95. The molecule has 1 fully saturated rings. The molecular weight excluding hydrogens is 247 g/mol. The minimum absolute atomic E-state index is 0.0475. The first kappa shape index (κ1) is 13.5. The maximum atomic E-state index is 12.8. The number of benzene rings is 1. The van der Waals surface area contributed by atoms with E-state index in [1.807, 2.05) is 6.92 Å². The Morgan fingerprint density at radius 1 is 1.47 bits per heavy atom. The number of hydrogen-bond acceptors (Lipinski definition) is 2. The second-order valence-corrected chi connectivity index (χ2v) is 4.95. The van der Waals surface area contributed by atoms with Crippen molar-refractivity contribution in [3.8, 4) is 0 Å². The van der Waals surface area contributed by atoms with Gasteiger partial charge in [0.05, 0.1) is 5.92 Å². The fraction of sp³-hybridized carbons (Fsp3) is 0.429. The van der Waals surface area contributed by atoms with Crippen molar-refractivity contribution in [3.05, 3.63) is 35.6 Å². The van der Waals surface area contributed by atoms with Crippen LogP contribution in [0.5, 0.6) is 0 Å². The Bertz CT molecular complexity index is 473. The molecule has 0 aromatic heterocycles. The molecule has 0 radical (unpaired) electrons. The van der Waals surface area contributed by atoms with E-state index in [0.29, 0.717) is 13.0 Å². The molecule has 0 bridgehead atoms. The Hall–Kier alpha value is -1.91. The monoisotopic (exact) mass is 264 g/mol. The standard InChI is InChI=1S/C14H17FN2O2/c1-9(6-10-2-4-12(15)5-3-10)17-14(19)11-7-13(18)16-8-11/h2-5,9,11H,6-8H2,1H3,(H,16,18)(H,17,19). The SMILES string of the molecule is CC(Cc1ccc(F)cc1)NC(=O)C1CNC(=O)C1. The van der Waals surface area contributed by atoms with Gasteiger partial charge >= 0.3 is 0 Å². The molecule has 5 heteroatoms. The fourth-order valence-corrected chi connectivity index (χ4v) is 2.18. The lowest BCUT2D eigenvalue weighted by Crippen LogP contribution is -2.39. The molecule has 2 amide bonds. The highest BCUT2D eigenvalue weighted by Crippen LogP contribution is 2.10. The van der Waals surface area contributed by atoms with E-state index in [4.69, 9.17) is 0 Å². The summed E-state index contributed by atoms with van der Waals surface area (Å²) in [6.07, 6.45) is 0.898. The van der Waals surface area contributed by atoms with Gasteiger partial charge in [0.25, 0.3) is 0 Å². The molecule has 2 N–H and O–H groups in total. The number of amides is 2. The first-order valence-electron chi connectivity index (χ1n) is 6.36. The van der Waals surface area contributed by atoms with Crippen molar-refractivity contribution in [1.82, 2.24) is 10.6 Å². The van der Waals surface area contributed by atoms with Crippen LogP contribution in [0.3, 0.4) is 0 Å². The maximum absolute atomic E-state index is 12.8. The zero-order valence-corrected chi connectivity index (χ0v) is 10.8. The second kappa shape index (κ2) is 5.82. The minimum atomic E-state index is -0.275. The number of carbonyl (C=O) groups is 2. The summed E-state index contributed by atoms with van der Waals surface area (Å²) < 4.78 is 12.8. The maximum Gasteiger partial charge on any atom is 0.225 e. The van der Waals surface area contributed by atoms with Gasteiger partial charge in [0.2, 0.25) is 11.8 Å². The summed E-state index contributed by atoms with van der Waals surface area (Å²) in [7, 11) is 0. The van der Waals surface area contributed by atoms with Crippen LogP contribution in [-0.4, -0.2) is 24.4 Å². The van der Waals surface area contributed by atoms with E-state index in [-0.39, 0.29) is 36.0 Å². The number of carbonyl (C=O) groups excluding carboxylic acids is 2. The van der Waals surface area contributed by atoms with Crippen molar-refractivity contribution in [1.29, 1.82) is 0 Å². The van der Waals surface area contributed by atoms with Crippen molar-refractivity contribution in [2.75, 3.05) is 6.54 Å². The van der Waals surface area contributed by atoms with Crippen LogP contribution in [0.25, 0.3) is 0 Å². The van der Waals surface area contributed by atoms with Crippen LogP contribution in [0.1, 0.15) is 18.9 Å². The quantitative estimate of drug-likeness (QED) is 0.852. The van der Waals surface area contributed by atoms with Gasteiger partial charge in [0, 0.05) is 19.0 Å². The molecule has 1 aromatic rings. The molecule has 2 unspecified atom stereocenters. The molecule has 1 saturated heterocycles.